The van der Waals surface area contributed by atoms with Crippen molar-refractivity contribution in [3.8, 4) is 11.5 Å². The lowest BCUT2D eigenvalue weighted by molar-refractivity contribution is -0.143. The van der Waals surface area contributed by atoms with Crippen LogP contribution in [0, 0.1) is 47.3 Å². The van der Waals surface area contributed by atoms with Crippen LogP contribution in [0.2, 0.25) is 0 Å². The van der Waals surface area contributed by atoms with Crippen molar-refractivity contribution in [2.45, 2.75) is 113 Å². The van der Waals surface area contributed by atoms with Gasteiger partial charge in [0.25, 0.3) is 0 Å². The molecule has 2 aromatic rings. The van der Waals surface area contributed by atoms with Gasteiger partial charge in [-0.25, -0.2) is 4.79 Å². The summed E-state index contributed by atoms with van der Waals surface area (Å²) in [6.45, 7) is 5.87. The Balaban J connectivity index is 0.815. The highest BCUT2D eigenvalue weighted by Crippen LogP contribution is 2.74. The molecule has 5 saturated carbocycles. The van der Waals surface area contributed by atoms with Crippen LogP contribution in [-0.4, -0.2) is 55.0 Å². The Kier molecular flexibility index (Phi) is 13.1. The van der Waals surface area contributed by atoms with Crippen molar-refractivity contribution in [3.63, 3.8) is 0 Å². The van der Waals surface area contributed by atoms with Crippen LogP contribution in [-0.2, 0) is 19.7 Å². The molecule has 290 valence electrons. The van der Waals surface area contributed by atoms with E-state index in [0.29, 0.717) is 35.2 Å². The maximum Gasteiger partial charge on any atom is 0.372 e. The first-order valence-corrected chi connectivity index (χ1v) is 22.6. The number of unbranched alkanes of at least 4 members (excludes halogenated alkanes) is 6. The molecule has 8 heteroatoms. The van der Waals surface area contributed by atoms with Gasteiger partial charge in [-0.2, -0.15) is 11.8 Å². The van der Waals surface area contributed by atoms with E-state index in [0.717, 1.165) is 78.8 Å². The van der Waals surface area contributed by atoms with Gasteiger partial charge >= 0.3 is 11.3 Å². The summed E-state index contributed by atoms with van der Waals surface area (Å²) >= 11 is 3.52. The third-order valence-corrected chi connectivity index (χ3v) is 16.5. The Hall–Kier alpha value is -2.16. The Morgan fingerprint density at radius 3 is 1.92 bits per heavy atom. The lowest BCUT2D eigenvalue weighted by Gasteiger charge is -2.43. The second-order valence-electron chi connectivity index (χ2n) is 17.2. The Labute approximate surface area is 327 Å². The average molecular weight is 763 g/mol. The molecule has 7 rings (SSSR count). The monoisotopic (exact) mass is 762 g/mol. The molecule has 5 fully saturated rings. The van der Waals surface area contributed by atoms with Gasteiger partial charge in [0.1, 0.15) is 11.5 Å². The molecular weight excluding hydrogens is 701 g/mol. The summed E-state index contributed by atoms with van der Waals surface area (Å²) in [6, 6.07) is 16.3. The predicted octanol–water partition coefficient (Wildman–Crippen LogP) is 11.0. The van der Waals surface area contributed by atoms with Crippen LogP contribution in [0.15, 0.2) is 48.5 Å². The second-order valence-corrected chi connectivity index (χ2v) is 19.8. The van der Waals surface area contributed by atoms with E-state index in [1.165, 1.54) is 80.7 Å². The highest BCUT2D eigenvalue weighted by molar-refractivity contribution is 8.13. The van der Waals surface area contributed by atoms with E-state index < -0.39 is 0 Å². The normalized spacial score (nSPS) is 30.7. The Morgan fingerprint density at radius 2 is 1.28 bits per heavy atom. The van der Waals surface area contributed by atoms with Gasteiger partial charge in [-0.1, -0.05) is 70.2 Å². The van der Waals surface area contributed by atoms with Gasteiger partial charge in [0.15, 0.2) is 0 Å². The standard InChI is InChI=1S/C45H62O6S2/c1-45(2,30-12-16-32(49-4)17-13-30)31-14-18-33(19-15-31)51-44(47)53-40-25-29-24-39(40)43-38-28-37(42(29)43)35-26-34(27-36(35)38)52-23-20-41(46)50-22-11-9-7-5-6-8-10-21-48-3/h12-19,29,34-40,42-43H,5-11,20-28H2,1-4H3. The first kappa shape index (κ1) is 39.1. The van der Waals surface area contributed by atoms with Crippen LogP contribution in [0.1, 0.15) is 108 Å². The summed E-state index contributed by atoms with van der Waals surface area (Å²) in [5.74, 6) is 8.95. The minimum Gasteiger partial charge on any atom is -0.497 e. The quantitative estimate of drug-likeness (QED) is 0.0796. The van der Waals surface area contributed by atoms with Gasteiger partial charge in [0.05, 0.1) is 20.1 Å². The lowest BCUT2D eigenvalue weighted by atomic mass is 9.64. The van der Waals surface area contributed by atoms with Crippen molar-refractivity contribution in [1.82, 2.24) is 0 Å². The van der Waals surface area contributed by atoms with Crippen molar-refractivity contribution in [3.05, 3.63) is 59.7 Å². The third-order valence-electron chi connectivity index (χ3n) is 14.1. The molecule has 0 N–H and O–H groups in total. The van der Waals surface area contributed by atoms with Crippen LogP contribution in [0.25, 0.3) is 0 Å². The van der Waals surface area contributed by atoms with Crippen molar-refractivity contribution in [2.75, 3.05) is 33.2 Å². The van der Waals surface area contributed by atoms with Crippen LogP contribution in [0.5, 0.6) is 11.5 Å². The summed E-state index contributed by atoms with van der Waals surface area (Å²) in [5, 5.41) is 0.933. The van der Waals surface area contributed by atoms with Crippen LogP contribution in [0.4, 0.5) is 4.79 Å². The number of esters is 1. The zero-order valence-electron chi connectivity index (χ0n) is 32.5. The molecule has 10 atom stereocenters. The van der Waals surface area contributed by atoms with Crippen molar-refractivity contribution in [1.29, 1.82) is 0 Å². The van der Waals surface area contributed by atoms with Crippen LogP contribution in [0.3, 0.4) is 0 Å². The van der Waals surface area contributed by atoms with Crippen molar-refractivity contribution in [2.24, 2.45) is 47.3 Å². The molecule has 0 radical (unpaired) electrons. The fourth-order valence-electron chi connectivity index (χ4n) is 11.6. The molecule has 0 saturated heterocycles. The van der Waals surface area contributed by atoms with Gasteiger partial charge in [-0.3, -0.25) is 4.79 Å². The first-order valence-electron chi connectivity index (χ1n) is 20.7. The molecule has 0 spiro atoms. The summed E-state index contributed by atoms with van der Waals surface area (Å²) in [5.41, 5.74) is 2.20. The zero-order valence-corrected chi connectivity index (χ0v) is 34.1. The molecular formula is C45H62O6S2. The highest BCUT2D eigenvalue weighted by atomic mass is 32.2. The number of carbonyl (C=O) groups excluding carboxylic acids is 2. The lowest BCUT2D eigenvalue weighted by Crippen LogP contribution is -2.39. The molecule has 2 aromatic carbocycles. The smallest absolute Gasteiger partial charge is 0.372 e. The Morgan fingerprint density at radius 1 is 0.679 bits per heavy atom. The highest BCUT2D eigenvalue weighted by Gasteiger charge is 2.68. The summed E-state index contributed by atoms with van der Waals surface area (Å²) in [6.07, 6.45) is 15.4. The fraction of sp³-hybridized carbons (Fsp3) is 0.689. The number of methoxy groups -OCH3 is 2. The zero-order chi connectivity index (χ0) is 37.0. The van der Waals surface area contributed by atoms with Gasteiger partial charge in [0, 0.05) is 35.4 Å². The van der Waals surface area contributed by atoms with E-state index >= 15 is 0 Å². The van der Waals surface area contributed by atoms with E-state index in [1.807, 2.05) is 36.0 Å². The number of carbonyl (C=O) groups is 2. The molecule has 0 heterocycles. The minimum absolute atomic E-state index is 0.0193. The summed E-state index contributed by atoms with van der Waals surface area (Å²) in [4.78, 5) is 25.7. The number of benzene rings is 2. The van der Waals surface area contributed by atoms with E-state index in [4.69, 9.17) is 18.9 Å². The van der Waals surface area contributed by atoms with Gasteiger partial charge in [-0.05, 0) is 139 Å². The summed E-state index contributed by atoms with van der Waals surface area (Å²) in [7, 11) is 3.45. The maximum atomic E-state index is 13.3. The molecule has 10 unspecified atom stereocenters. The van der Waals surface area contributed by atoms with Crippen molar-refractivity contribution >= 4 is 34.8 Å². The fourth-order valence-corrected chi connectivity index (χ4v) is 14.2. The number of thioether (sulfide) groups is 2. The van der Waals surface area contributed by atoms with Crippen molar-refractivity contribution < 1.29 is 28.5 Å². The first-order chi connectivity index (χ1) is 25.8. The van der Waals surface area contributed by atoms with Crippen LogP contribution < -0.4 is 9.47 Å². The number of ether oxygens (including phenoxy) is 4. The van der Waals surface area contributed by atoms with Crippen LogP contribution >= 0.6 is 23.5 Å². The van der Waals surface area contributed by atoms with Gasteiger partial charge in [-0.15, -0.1) is 0 Å². The number of hydrogen-bond acceptors (Lipinski definition) is 8. The van der Waals surface area contributed by atoms with Gasteiger partial charge < -0.3 is 18.9 Å². The van der Waals surface area contributed by atoms with Gasteiger partial charge in [0.2, 0.25) is 0 Å². The van der Waals surface area contributed by atoms with E-state index in [1.54, 1.807) is 14.2 Å². The average Bonchev–Trinajstić information content (AvgIpc) is 3.98. The molecule has 0 aliphatic heterocycles. The number of rotatable bonds is 19. The molecule has 6 nitrogen and oxygen atoms in total. The molecule has 0 aromatic heterocycles. The second kappa shape index (κ2) is 17.7. The maximum absolute atomic E-state index is 13.3. The van der Waals surface area contributed by atoms with E-state index in [-0.39, 0.29) is 16.7 Å². The molecule has 4 bridgehead atoms. The SMILES string of the molecule is COCCCCCCCCCOC(=O)CCSC1CC2C(C1)C1CC2C2C3CC(SC(=O)Oc4ccc(C(C)(C)c5ccc(OC)cc5)cc4)C(C3)C12. The molecule has 5 aliphatic carbocycles. The largest absolute Gasteiger partial charge is 0.497 e. The molecule has 5 aliphatic rings. The van der Waals surface area contributed by atoms with E-state index in [2.05, 4.69) is 38.1 Å². The Bertz CT molecular complexity index is 1510. The molecule has 0 amide bonds. The van der Waals surface area contributed by atoms with E-state index in [9.17, 15) is 9.59 Å². The summed E-state index contributed by atoms with van der Waals surface area (Å²) < 4.78 is 21.9. The molecule has 53 heavy (non-hydrogen) atoms. The number of fused-ring (bicyclic) bond motifs is 12. The predicted molar refractivity (Wildman–Crippen MR) is 216 cm³/mol. The topological polar surface area (TPSA) is 71.1 Å². The third kappa shape index (κ3) is 8.80. The minimum atomic E-state index is -0.182. The number of hydrogen-bond donors (Lipinski definition) is 0.